The Morgan fingerprint density at radius 3 is 2.59 bits per heavy atom. The summed E-state index contributed by atoms with van der Waals surface area (Å²) in [6.45, 7) is 0. The van der Waals surface area contributed by atoms with Crippen LogP contribution in [0.2, 0.25) is 0 Å². The number of benzene rings is 2. The first-order valence-electron chi connectivity index (χ1n) is 10.3. The number of anilines is 2. The van der Waals surface area contributed by atoms with Gasteiger partial charge in [0.1, 0.15) is 5.82 Å². The molecule has 32 heavy (non-hydrogen) atoms. The summed E-state index contributed by atoms with van der Waals surface area (Å²) in [6, 6.07) is 18.4. The molecule has 1 aliphatic carbocycles. The van der Waals surface area contributed by atoms with Crippen LogP contribution in [-0.4, -0.2) is 32.1 Å². The number of hydrogen-bond donors (Lipinski definition) is 3. The average Bonchev–Trinajstić information content (AvgIpc) is 3.16. The highest BCUT2D eigenvalue weighted by Gasteiger charge is 2.31. The van der Waals surface area contributed by atoms with E-state index in [1.165, 1.54) is 0 Å². The van der Waals surface area contributed by atoms with Gasteiger partial charge in [-0.15, -0.1) is 0 Å². The Kier molecular flexibility index (Phi) is 5.31. The Bertz CT molecular complexity index is 1240. The standard InChI is InChI=1S/C25H21N5O2/c31-22-14-18-4-1-2-5-19(18)23(22)30-24-20(6-3-11-28-24)29-25(32)17-9-7-16(8-10-17)21-15-26-12-13-27-21/h1-13,15,22-23,31H,14H2,(H,28,30)(H,29,32)/t22-,23-/m1/s1. The molecule has 0 fully saturated rings. The second-order valence-electron chi connectivity index (χ2n) is 7.61. The van der Waals surface area contributed by atoms with Crippen LogP contribution in [0.1, 0.15) is 27.5 Å². The van der Waals surface area contributed by atoms with E-state index in [1.54, 1.807) is 49.1 Å². The molecular weight excluding hydrogens is 402 g/mol. The van der Waals surface area contributed by atoms with E-state index >= 15 is 0 Å². The van der Waals surface area contributed by atoms with E-state index in [2.05, 4.69) is 25.6 Å². The third-order valence-corrected chi connectivity index (χ3v) is 5.56. The van der Waals surface area contributed by atoms with Crippen molar-refractivity contribution in [3.05, 3.63) is 102 Å². The Hall–Kier alpha value is -4.10. The van der Waals surface area contributed by atoms with Crippen molar-refractivity contribution in [1.29, 1.82) is 0 Å². The molecule has 0 spiro atoms. The maximum atomic E-state index is 12.9. The van der Waals surface area contributed by atoms with Crippen molar-refractivity contribution in [1.82, 2.24) is 15.0 Å². The molecule has 7 nitrogen and oxygen atoms in total. The number of aromatic nitrogens is 3. The summed E-state index contributed by atoms with van der Waals surface area (Å²) in [5.41, 5.74) is 4.84. The zero-order valence-electron chi connectivity index (χ0n) is 17.1. The number of carbonyl (C=O) groups excluding carboxylic acids is 1. The van der Waals surface area contributed by atoms with Crippen molar-refractivity contribution in [2.45, 2.75) is 18.6 Å². The van der Waals surface area contributed by atoms with Crippen LogP contribution in [0.4, 0.5) is 11.5 Å². The van der Waals surface area contributed by atoms with E-state index in [-0.39, 0.29) is 11.9 Å². The topological polar surface area (TPSA) is 100 Å². The molecule has 0 bridgehead atoms. The summed E-state index contributed by atoms with van der Waals surface area (Å²) in [7, 11) is 0. The number of aliphatic hydroxyl groups excluding tert-OH is 1. The van der Waals surface area contributed by atoms with Crippen molar-refractivity contribution in [3.8, 4) is 11.3 Å². The third kappa shape index (κ3) is 3.93. The van der Waals surface area contributed by atoms with Gasteiger partial charge in [0.05, 0.1) is 29.7 Å². The molecule has 7 heteroatoms. The van der Waals surface area contributed by atoms with Gasteiger partial charge in [-0.2, -0.15) is 0 Å². The van der Waals surface area contributed by atoms with Gasteiger partial charge in [-0.25, -0.2) is 4.98 Å². The minimum Gasteiger partial charge on any atom is -0.390 e. The quantitative estimate of drug-likeness (QED) is 0.451. The van der Waals surface area contributed by atoms with E-state index in [0.29, 0.717) is 23.5 Å². The summed E-state index contributed by atoms with van der Waals surface area (Å²) in [5, 5.41) is 16.8. The minimum absolute atomic E-state index is 0.251. The Balaban J connectivity index is 1.34. The predicted molar refractivity (Wildman–Crippen MR) is 122 cm³/mol. The molecule has 0 unspecified atom stereocenters. The monoisotopic (exact) mass is 423 g/mol. The molecule has 2 heterocycles. The van der Waals surface area contributed by atoms with Gasteiger partial charge in [0.25, 0.3) is 5.91 Å². The van der Waals surface area contributed by atoms with Crippen molar-refractivity contribution >= 4 is 17.4 Å². The minimum atomic E-state index is -0.563. The fourth-order valence-corrected chi connectivity index (χ4v) is 3.95. The van der Waals surface area contributed by atoms with E-state index in [1.807, 2.05) is 36.4 Å². The fraction of sp³-hybridized carbons (Fsp3) is 0.120. The van der Waals surface area contributed by atoms with Gasteiger partial charge in [-0.3, -0.25) is 14.8 Å². The lowest BCUT2D eigenvalue weighted by molar-refractivity contribution is 0.102. The van der Waals surface area contributed by atoms with Gasteiger partial charge < -0.3 is 15.7 Å². The zero-order valence-corrected chi connectivity index (χ0v) is 17.1. The van der Waals surface area contributed by atoms with Gasteiger partial charge in [-0.1, -0.05) is 36.4 Å². The Morgan fingerprint density at radius 1 is 0.938 bits per heavy atom. The lowest BCUT2D eigenvalue weighted by atomic mass is 10.1. The number of nitrogens with zero attached hydrogens (tertiary/aromatic N) is 3. The van der Waals surface area contributed by atoms with Crippen LogP contribution in [-0.2, 0) is 6.42 Å². The maximum Gasteiger partial charge on any atom is 0.255 e. The number of nitrogens with one attached hydrogen (secondary N) is 2. The van der Waals surface area contributed by atoms with Crippen molar-refractivity contribution in [2.75, 3.05) is 10.6 Å². The fourth-order valence-electron chi connectivity index (χ4n) is 3.95. The van der Waals surface area contributed by atoms with Crippen LogP contribution < -0.4 is 10.6 Å². The number of carbonyl (C=O) groups is 1. The van der Waals surface area contributed by atoms with Crippen molar-refractivity contribution in [2.24, 2.45) is 0 Å². The van der Waals surface area contributed by atoms with Crippen LogP contribution in [0.5, 0.6) is 0 Å². The first-order valence-corrected chi connectivity index (χ1v) is 10.3. The molecular formula is C25H21N5O2. The van der Waals surface area contributed by atoms with E-state index in [0.717, 1.165) is 22.4 Å². The first kappa shape index (κ1) is 19.8. The highest BCUT2D eigenvalue weighted by atomic mass is 16.3. The first-order chi connectivity index (χ1) is 15.7. The number of pyridine rings is 1. The number of rotatable bonds is 5. The van der Waals surface area contributed by atoms with Crippen LogP contribution in [0, 0.1) is 0 Å². The summed E-state index contributed by atoms with van der Waals surface area (Å²) >= 11 is 0. The molecule has 2 atom stereocenters. The summed E-state index contributed by atoms with van der Waals surface area (Å²) in [6.07, 6.45) is 6.60. The van der Waals surface area contributed by atoms with E-state index < -0.39 is 6.10 Å². The Morgan fingerprint density at radius 2 is 1.78 bits per heavy atom. The second kappa shape index (κ2) is 8.56. The summed E-state index contributed by atoms with van der Waals surface area (Å²) in [4.78, 5) is 25.6. The smallest absolute Gasteiger partial charge is 0.255 e. The maximum absolute atomic E-state index is 12.9. The van der Waals surface area contributed by atoms with Gasteiger partial charge in [0.2, 0.25) is 0 Å². The molecule has 3 N–H and O–H groups in total. The van der Waals surface area contributed by atoms with E-state index in [4.69, 9.17) is 0 Å². The molecule has 1 amide bonds. The van der Waals surface area contributed by atoms with Crippen LogP contribution in [0.3, 0.4) is 0 Å². The number of fused-ring (bicyclic) bond motifs is 1. The second-order valence-corrected chi connectivity index (χ2v) is 7.61. The molecule has 0 aliphatic heterocycles. The molecule has 1 aliphatic rings. The molecule has 0 saturated heterocycles. The molecule has 0 radical (unpaired) electrons. The van der Waals surface area contributed by atoms with Crippen LogP contribution >= 0.6 is 0 Å². The predicted octanol–water partition coefficient (Wildman–Crippen LogP) is 3.86. The molecule has 2 aromatic carbocycles. The molecule has 4 aromatic rings. The number of amides is 1. The normalized spacial score (nSPS) is 16.9. The highest BCUT2D eigenvalue weighted by molar-refractivity contribution is 6.05. The third-order valence-electron chi connectivity index (χ3n) is 5.56. The van der Waals surface area contributed by atoms with Crippen LogP contribution in [0.25, 0.3) is 11.3 Å². The average molecular weight is 423 g/mol. The molecule has 5 rings (SSSR count). The van der Waals surface area contributed by atoms with Gasteiger partial charge in [0.15, 0.2) is 0 Å². The summed E-state index contributed by atoms with van der Waals surface area (Å²) < 4.78 is 0. The lowest BCUT2D eigenvalue weighted by Gasteiger charge is -2.20. The highest BCUT2D eigenvalue weighted by Crippen LogP contribution is 2.35. The van der Waals surface area contributed by atoms with E-state index in [9.17, 15) is 9.90 Å². The van der Waals surface area contributed by atoms with Gasteiger partial charge >= 0.3 is 0 Å². The van der Waals surface area contributed by atoms with Crippen LogP contribution in [0.15, 0.2) is 85.5 Å². The molecule has 158 valence electrons. The lowest BCUT2D eigenvalue weighted by Crippen LogP contribution is -2.23. The number of hydrogen-bond acceptors (Lipinski definition) is 6. The van der Waals surface area contributed by atoms with Gasteiger partial charge in [-0.05, 0) is 35.4 Å². The molecule has 0 saturated carbocycles. The zero-order chi connectivity index (χ0) is 21.9. The SMILES string of the molecule is O=C(Nc1cccnc1N[C@@H]1c2ccccc2C[C@H]1O)c1ccc(-c2cnccn2)cc1. The van der Waals surface area contributed by atoms with Crippen molar-refractivity contribution < 1.29 is 9.90 Å². The van der Waals surface area contributed by atoms with Crippen molar-refractivity contribution in [3.63, 3.8) is 0 Å². The molecule has 2 aromatic heterocycles. The summed E-state index contributed by atoms with van der Waals surface area (Å²) in [5.74, 6) is 0.261. The Labute approximate surface area is 185 Å². The number of aliphatic hydroxyl groups is 1. The van der Waals surface area contributed by atoms with Gasteiger partial charge in [0, 0.05) is 36.1 Å². The largest absolute Gasteiger partial charge is 0.390 e.